The van der Waals surface area contributed by atoms with E-state index in [1.165, 1.54) is 0 Å². The Morgan fingerprint density at radius 1 is 1.16 bits per heavy atom. The molecule has 2 aromatic heterocycles. The Labute approximate surface area is 188 Å². The number of guanidine groups is 1. The molecular formula is C23H31N9. The Balaban J connectivity index is 1.56. The summed E-state index contributed by atoms with van der Waals surface area (Å²) >= 11 is 0. The molecular weight excluding hydrogens is 402 g/mol. The second kappa shape index (κ2) is 9.44. The van der Waals surface area contributed by atoms with Crippen molar-refractivity contribution in [2.24, 2.45) is 9.98 Å². The minimum atomic E-state index is 0.164. The van der Waals surface area contributed by atoms with Crippen molar-refractivity contribution in [3.05, 3.63) is 36.0 Å². The van der Waals surface area contributed by atoms with Crippen LogP contribution in [0.15, 0.2) is 40.4 Å². The summed E-state index contributed by atoms with van der Waals surface area (Å²) in [4.78, 5) is 18.3. The number of aromatic nitrogens is 4. The number of nitrogens with zero attached hydrogens (tertiary/aromatic N) is 8. The summed E-state index contributed by atoms with van der Waals surface area (Å²) in [5.41, 5.74) is 4.61. The zero-order valence-electron chi connectivity index (χ0n) is 19.3. The average molecular weight is 434 g/mol. The number of hydrogen-bond donors (Lipinski definition) is 1. The third kappa shape index (κ3) is 4.47. The molecule has 1 fully saturated rings. The van der Waals surface area contributed by atoms with Crippen molar-refractivity contribution in [2.45, 2.75) is 33.7 Å². The monoisotopic (exact) mass is 433 g/mol. The normalized spacial score (nSPS) is 15.5. The zero-order chi connectivity index (χ0) is 22.7. The van der Waals surface area contributed by atoms with Crippen LogP contribution in [0.3, 0.4) is 0 Å². The van der Waals surface area contributed by atoms with Crippen LogP contribution in [0.5, 0.6) is 0 Å². The van der Waals surface area contributed by atoms with Crippen molar-refractivity contribution < 1.29 is 0 Å². The van der Waals surface area contributed by atoms with Crippen LogP contribution in [0, 0.1) is 6.92 Å². The molecule has 3 heterocycles. The van der Waals surface area contributed by atoms with Crippen LogP contribution in [0.25, 0.3) is 11.0 Å². The van der Waals surface area contributed by atoms with Gasteiger partial charge in [0, 0.05) is 32.2 Å². The second-order valence-electron chi connectivity index (χ2n) is 8.27. The Morgan fingerprint density at radius 2 is 1.94 bits per heavy atom. The van der Waals surface area contributed by atoms with Crippen molar-refractivity contribution in [1.82, 2.24) is 24.9 Å². The molecule has 1 aliphatic heterocycles. The first-order chi connectivity index (χ1) is 15.5. The van der Waals surface area contributed by atoms with Gasteiger partial charge in [0.05, 0.1) is 17.6 Å². The smallest absolute Gasteiger partial charge is 0.228 e. The van der Waals surface area contributed by atoms with Gasteiger partial charge in [0.2, 0.25) is 5.96 Å². The predicted octanol–water partition coefficient (Wildman–Crippen LogP) is 3.66. The van der Waals surface area contributed by atoms with Crippen LogP contribution in [0.2, 0.25) is 0 Å². The van der Waals surface area contributed by atoms with Gasteiger partial charge < -0.3 is 15.1 Å². The van der Waals surface area contributed by atoms with Gasteiger partial charge >= 0.3 is 0 Å². The predicted molar refractivity (Wildman–Crippen MR) is 131 cm³/mol. The van der Waals surface area contributed by atoms with Crippen LogP contribution in [-0.4, -0.2) is 70.3 Å². The highest BCUT2D eigenvalue weighted by atomic mass is 15.4. The van der Waals surface area contributed by atoms with Crippen LogP contribution >= 0.6 is 0 Å². The summed E-state index contributed by atoms with van der Waals surface area (Å²) in [6, 6.07) is 8.16. The van der Waals surface area contributed by atoms with Crippen molar-refractivity contribution in [3.63, 3.8) is 0 Å². The van der Waals surface area contributed by atoms with Gasteiger partial charge in [0.1, 0.15) is 16.9 Å². The summed E-state index contributed by atoms with van der Waals surface area (Å²) in [7, 11) is 0. The van der Waals surface area contributed by atoms with E-state index in [4.69, 9.17) is 4.99 Å². The maximum absolute atomic E-state index is 4.76. The Bertz CT molecular complexity index is 1110. The topological polar surface area (TPSA) is 86.8 Å². The molecule has 1 aliphatic rings. The Hall–Kier alpha value is -3.33. The molecule has 4 rings (SSSR count). The minimum absolute atomic E-state index is 0.164. The molecule has 1 aromatic carbocycles. The summed E-state index contributed by atoms with van der Waals surface area (Å²) < 4.78 is 1.88. The van der Waals surface area contributed by atoms with Gasteiger partial charge in [-0.25, -0.2) is 19.7 Å². The number of aryl methyl sites for hydroxylation is 1. The summed E-state index contributed by atoms with van der Waals surface area (Å²) in [5, 5.41) is 11.8. The standard InChI is InChI=1S/C23H31N9/c1-6-30-11-13-31(14-12-30)18-8-10-20(25-15-18)26-23(24-5)27-21-17(4)7-9-19-22(21)32(16(2)3)29-28-19/h7-10,15-16H,5-6,11-14H2,1-4H3,(H,25,26,27). The average Bonchev–Trinajstić information content (AvgIpc) is 3.25. The van der Waals surface area contributed by atoms with E-state index in [0.29, 0.717) is 11.8 Å². The molecule has 0 unspecified atom stereocenters. The third-order valence-corrected chi connectivity index (χ3v) is 5.84. The first-order valence-corrected chi connectivity index (χ1v) is 11.1. The van der Waals surface area contributed by atoms with E-state index in [9.17, 15) is 0 Å². The molecule has 0 radical (unpaired) electrons. The van der Waals surface area contributed by atoms with Crippen molar-refractivity contribution >= 4 is 40.9 Å². The van der Waals surface area contributed by atoms with Crippen LogP contribution in [-0.2, 0) is 0 Å². The molecule has 0 atom stereocenters. The lowest BCUT2D eigenvalue weighted by atomic mass is 10.1. The number of aliphatic imine (C=N–C) groups is 2. The van der Waals surface area contributed by atoms with Crippen LogP contribution in [0.1, 0.15) is 32.4 Å². The third-order valence-electron chi connectivity index (χ3n) is 5.84. The van der Waals surface area contributed by atoms with E-state index in [0.717, 1.165) is 60.7 Å². The van der Waals surface area contributed by atoms with E-state index < -0.39 is 0 Å². The molecule has 0 aliphatic carbocycles. The zero-order valence-corrected chi connectivity index (χ0v) is 19.3. The molecule has 3 aromatic rings. The quantitative estimate of drug-likeness (QED) is 0.488. The van der Waals surface area contributed by atoms with Crippen molar-refractivity contribution in [1.29, 1.82) is 0 Å². The number of anilines is 2. The fourth-order valence-electron chi connectivity index (χ4n) is 3.91. The number of rotatable bonds is 5. The maximum Gasteiger partial charge on any atom is 0.228 e. The maximum atomic E-state index is 4.76. The number of likely N-dealkylation sites (N-methyl/N-ethyl adjacent to an activating group) is 1. The molecule has 1 saturated heterocycles. The first kappa shape index (κ1) is 21.9. The number of benzene rings is 1. The SMILES string of the molecule is C=N/C(=N\c1c(C)ccc2nnn(C(C)C)c12)Nc1ccc(N2CCN(CC)CC2)cn1. The number of hydrogen-bond acceptors (Lipinski definition) is 6. The molecule has 168 valence electrons. The van der Waals surface area contributed by atoms with Gasteiger partial charge in [0.25, 0.3) is 0 Å². The first-order valence-electron chi connectivity index (χ1n) is 11.1. The fourth-order valence-corrected chi connectivity index (χ4v) is 3.91. The molecule has 32 heavy (non-hydrogen) atoms. The molecule has 0 saturated carbocycles. The lowest BCUT2D eigenvalue weighted by Gasteiger charge is -2.35. The number of pyridine rings is 1. The van der Waals surface area contributed by atoms with Gasteiger partial charge in [-0.3, -0.25) is 0 Å². The summed E-state index contributed by atoms with van der Waals surface area (Å²) in [6.07, 6.45) is 1.90. The van der Waals surface area contributed by atoms with Gasteiger partial charge in [-0.15, -0.1) is 5.10 Å². The van der Waals surface area contributed by atoms with E-state index in [2.05, 4.69) is 69.0 Å². The van der Waals surface area contributed by atoms with Crippen LogP contribution in [0.4, 0.5) is 17.2 Å². The highest BCUT2D eigenvalue weighted by molar-refractivity contribution is 6.00. The molecule has 9 nitrogen and oxygen atoms in total. The molecule has 0 spiro atoms. The summed E-state index contributed by atoms with van der Waals surface area (Å²) in [5.74, 6) is 1.06. The number of nitrogens with one attached hydrogen (secondary N) is 1. The minimum Gasteiger partial charge on any atom is -0.368 e. The van der Waals surface area contributed by atoms with Gasteiger partial charge in [-0.05, 0) is 57.8 Å². The Kier molecular flexibility index (Phi) is 6.45. The highest BCUT2D eigenvalue weighted by Gasteiger charge is 2.17. The van der Waals surface area contributed by atoms with Gasteiger partial charge in [-0.2, -0.15) is 0 Å². The lowest BCUT2D eigenvalue weighted by molar-refractivity contribution is 0.271. The molecule has 1 N–H and O–H groups in total. The largest absolute Gasteiger partial charge is 0.368 e. The van der Waals surface area contributed by atoms with Crippen molar-refractivity contribution in [3.8, 4) is 0 Å². The summed E-state index contributed by atoms with van der Waals surface area (Å²) in [6.45, 7) is 17.4. The van der Waals surface area contributed by atoms with Gasteiger partial charge in [0.15, 0.2) is 0 Å². The van der Waals surface area contributed by atoms with Crippen LogP contribution < -0.4 is 10.2 Å². The highest BCUT2D eigenvalue weighted by Crippen LogP contribution is 2.30. The lowest BCUT2D eigenvalue weighted by Crippen LogP contribution is -2.46. The second-order valence-corrected chi connectivity index (χ2v) is 8.27. The Morgan fingerprint density at radius 3 is 2.56 bits per heavy atom. The molecule has 0 bridgehead atoms. The van der Waals surface area contributed by atoms with Gasteiger partial charge in [-0.1, -0.05) is 18.2 Å². The van der Waals surface area contributed by atoms with E-state index in [1.807, 2.05) is 36.0 Å². The molecule has 9 heteroatoms. The van der Waals surface area contributed by atoms with Crippen molar-refractivity contribution in [2.75, 3.05) is 42.9 Å². The van der Waals surface area contributed by atoms with E-state index >= 15 is 0 Å². The molecule has 0 amide bonds. The number of fused-ring (bicyclic) bond motifs is 1. The number of piperazine rings is 1. The fraction of sp³-hybridized carbons (Fsp3) is 0.435. The van der Waals surface area contributed by atoms with E-state index in [1.54, 1.807) is 0 Å². The van der Waals surface area contributed by atoms with E-state index in [-0.39, 0.29) is 6.04 Å².